The van der Waals surface area contributed by atoms with E-state index in [-0.39, 0.29) is 17.2 Å². The van der Waals surface area contributed by atoms with Gasteiger partial charge in [-0.25, -0.2) is 0 Å². The quantitative estimate of drug-likeness (QED) is 0.381. The topological polar surface area (TPSA) is 114 Å². The predicted octanol–water partition coefficient (Wildman–Crippen LogP) is 2.81. The zero-order chi connectivity index (χ0) is 18.2. The summed E-state index contributed by atoms with van der Waals surface area (Å²) < 4.78 is 0. The number of hydrogen-bond donors (Lipinski definition) is 4. The summed E-state index contributed by atoms with van der Waals surface area (Å²) in [6.45, 7) is 1.40. The van der Waals surface area contributed by atoms with E-state index in [1.165, 1.54) is 19.2 Å². The Morgan fingerprint density at radius 2 is 1.64 bits per heavy atom. The standard InChI is InChI=1S/C18H16N4O3/c1-12(23)21-14-6-8-15(9-7-14)22-18(25)13(10-19)11-20-16-4-2-3-5-17(16)24/h2-9,11,20,24H,1H3,(H,21,23)(H,22,25)/b13-11-. The van der Waals surface area contributed by atoms with Crippen LogP contribution in [0, 0.1) is 11.3 Å². The fourth-order valence-corrected chi connectivity index (χ4v) is 1.93. The van der Waals surface area contributed by atoms with Gasteiger partial charge in [-0.2, -0.15) is 5.26 Å². The number of phenolic OH excluding ortho intramolecular Hbond substituents is 1. The Balaban J connectivity index is 2.04. The lowest BCUT2D eigenvalue weighted by atomic mass is 10.2. The first-order valence-electron chi connectivity index (χ1n) is 7.33. The number of aromatic hydroxyl groups is 1. The lowest BCUT2D eigenvalue weighted by molar-refractivity contribution is -0.114. The van der Waals surface area contributed by atoms with Crippen LogP contribution < -0.4 is 16.0 Å². The minimum atomic E-state index is -0.599. The fraction of sp³-hybridized carbons (Fsp3) is 0.0556. The molecule has 126 valence electrons. The van der Waals surface area contributed by atoms with E-state index in [0.29, 0.717) is 17.1 Å². The maximum absolute atomic E-state index is 12.1. The van der Waals surface area contributed by atoms with Gasteiger partial charge < -0.3 is 21.1 Å². The summed E-state index contributed by atoms with van der Waals surface area (Å²) in [5.74, 6) is -0.788. The predicted molar refractivity (Wildman–Crippen MR) is 94.8 cm³/mol. The summed E-state index contributed by atoms with van der Waals surface area (Å²) in [7, 11) is 0. The number of nitrogens with zero attached hydrogens (tertiary/aromatic N) is 1. The molecule has 0 spiro atoms. The molecule has 0 saturated carbocycles. The molecule has 7 heteroatoms. The van der Waals surface area contributed by atoms with Crippen molar-refractivity contribution in [1.29, 1.82) is 5.26 Å². The van der Waals surface area contributed by atoms with Gasteiger partial charge in [0.25, 0.3) is 5.91 Å². The third kappa shape index (κ3) is 5.11. The van der Waals surface area contributed by atoms with Gasteiger partial charge in [0, 0.05) is 24.5 Å². The Morgan fingerprint density at radius 3 is 2.20 bits per heavy atom. The highest BCUT2D eigenvalue weighted by Crippen LogP contribution is 2.21. The first-order chi connectivity index (χ1) is 12.0. The monoisotopic (exact) mass is 336 g/mol. The number of para-hydroxylation sites is 2. The van der Waals surface area contributed by atoms with Crippen molar-refractivity contribution in [3.8, 4) is 11.8 Å². The van der Waals surface area contributed by atoms with E-state index in [0.717, 1.165) is 0 Å². The van der Waals surface area contributed by atoms with Gasteiger partial charge in [-0.05, 0) is 36.4 Å². The number of carbonyl (C=O) groups excluding carboxylic acids is 2. The molecule has 2 amide bonds. The number of hydrogen-bond acceptors (Lipinski definition) is 5. The minimum Gasteiger partial charge on any atom is -0.506 e. The Kier molecular flexibility index (Phi) is 5.74. The number of nitrogens with one attached hydrogen (secondary N) is 3. The van der Waals surface area contributed by atoms with Gasteiger partial charge in [-0.1, -0.05) is 12.1 Å². The van der Waals surface area contributed by atoms with Gasteiger partial charge in [0.05, 0.1) is 5.69 Å². The summed E-state index contributed by atoms with van der Waals surface area (Å²) in [4.78, 5) is 23.1. The van der Waals surface area contributed by atoms with Crippen LogP contribution in [0.3, 0.4) is 0 Å². The molecular formula is C18H16N4O3. The summed E-state index contributed by atoms with van der Waals surface area (Å²) in [5, 5.41) is 26.7. The number of rotatable bonds is 5. The van der Waals surface area contributed by atoms with E-state index in [1.807, 2.05) is 0 Å². The van der Waals surface area contributed by atoms with Crippen molar-refractivity contribution < 1.29 is 14.7 Å². The molecule has 0 aliphatic heterocycles. The van der Waals surface area contributed by atoms with Crippen molar-refractivity contribution in [2.75, 3.05) is 16.0 Å². The Morgan fingerprint density at radius 1 is 1.04 bits per heavy atom. The van der Waals surface area contributed by atoms with E-state index in [4.69, 9.17) is 5.26 Å². The number of benzene rings is 2. The third-order valence-corrected chi connectivity index (χ3v) is 3.10. The van der Waals surface area contributed by atoms with Crippen molar-refractivity contribution in [3.63, 3.8) is 0 Å². The van der Waals surface area contributed by atoms with Crippen molar-refractivity contribution in [3.05, 3.63) is 60.3 Å². The van der Waals surface area contributed by atoms with Crippen molar-refractivity contribution >= 4 is 28.9 Å². The van der Waals surface area contributed by atoms with Crippen molar-refractivity contribution in [2.24, 2.45) is 0 Å². The molecule has 7 nitrogen and oxygen atoms in total. The van der Waals surface area contributed by atoms with Gasteiger partial charge in [0.1, 0.15) is 17.4 Å². The van der Waals surface area contributed by atoms with Gasteiger partial charge >= 0.3 is 0 Å². The summed E-state index contributed by atoms with van der Waals surface area (Å²) in [5.41, 5.74) is 1.29. The molecule has 0 aliphatic carbocycles. The third-order valence-electron chi connectivity index (χ3n) is 3.10. The average Bonchev–Trinajstić information content (AvgIpc) is 2.58. The number of phenols is 1. The second kappa shape index (κ2) is 8.17. The highest BCUT2D eigenvalue weighted by Gasteiger charge is 2.10. The number of anilines is 3. The first-order valence-corrected chi connectivity index (χ1v) is 7.33. The van der Waals surface area contributed by atoms with E-state index in [2.05, 4.69) is 16.0 Å². The molecular weight excluding hydrogens is 320 g/mol. The summed E-state index contributed by atoms with van der Waals surface area (Å²) in [6, 6.07) is 14.7. The molecule has 0 aliphatic rings. The van der Waals surface area contributed by atoms with Gasteiger partial charge in [0.2, 0.25) is 5.91 Å². The molecule has 0 atom stereocenters. The summed E-state index contributed by atoms with van der Waals surface area (Å²) in [6.07, 6.45) is 1.22. The zero-order valence-corrected chi connectivity index (χ0v) is 13.4. The van der Waals surface area contributed by atoms with Gasteiger partial charge in [-0.3, -0.25) is 9.59 Å². The molecule has 0 heterocycles. The van der Waals surface area contributed by atoms with E-state index >= 15 is 0 Å². The smallest absolute Gasteiger partial charge is 0.267 e. The molecule has 0 unspecified atom stereocenters. The molecule has 2 rings (SSSR count). The van der Waals surface area contributed by atoms with Crippen LogP contribution >= 0.6 is 0 Å². The summed E-state index contributed by atoms with van der Waals surface area (Å²) >= 11 is 0. The lowest BCUT2D eigenvalue weighted by Gasteiger charge is -2.07. The molecule has 2 aromatic carbocycles. The van der Waals surface area contributed by atoms with Crippen LogP contribution in [-0.2, 0) is 9.59 Å². The second-order valence-electron chi connectivity index (χ2n) is 5.04. The normalized spacial score (nSPS) is 10.5. The van der Waals surface area contributed by atoms with E-state index in [1.54, 1.807) is 48.5 Å². The van der Waals surface area contributed by atoms with Crippen LogP contribution in [0.4, 0.5) is 17.1 Å². The van der Waals surface area contributed by atoms with Crippen LogP contribution in [0.25, 0.3) is 0 Å². The maximum Gasteiger partial charge on any atom is 0.267 e. The van der Waals surface area contributed by atoms with Crippen LogP contribution in [0.15, 0.2) is 60.3 Å². The van der Waals surface area contributed by atoms with Gasteiger partial charge in [-0.15, -0.1) is 0 Å². The number of amides is 2. The van der Waals surface area contributed by atoms with E-state index < -0.39 is 5.91 Å². The van der Waals surface area contributed by atoms with E-state index in [9.17, 15) is 14.7 Å². The van der Waals surface area contributed by atoms with Crippen LogP contribution in [0.2, 0.25) is 0 Å². The fourth-order valence-electron chi connectivity index (χ4n) is 1.93. The molecule has 0 bridgehead atoms. The SMILES string of the molecule is CC(=O)Nc1ccc(NC(=O)/C(C#N)=C\Nc2ccccc2O)cc1. The minimum absolute atomic E-state index is 0.00464. The Hall–Kier alpha value is -3.79. The molecule has 0 saturated heterocycles. The number of carbonyl (C=O) groups is 2. The first kappa shape index (κ1) is 17.6. The Bertz CT molecular complexity index is 851. The van der Waals surface area contributed by atoms with Crippen molar-refractivity contribution in [1.82, 2.24) is 0 Å². The average molecular weight is 336 g/mol. The molecule has 4 N–H and O–H groups in total. The largest absolute Gasteiger partial charge is 0.506 e. The zero-order valence-electron chi connectivity index (χ0n) is 13.4. The molecule has 0 aromatic heterocycles. The van der Waals surface area contributed by atoms with Gasteiger partial charge in [0.15, 0.2) is 0 Å². The highest BCUT2D eigenvalue weighted by molar-refractivity contribution is 6.06. The molecule has 2 aromatic rings. The molecule has 0 fully saturated rings. The van der Waals surface area contributed by atoms with Crippen LogP contribution in [-0.4, -0.2) is 16.9 Å². The highest BCUT2D eigenvalue weighted by atomic mass is 16.3. The van der Waals surface area contributed by atoms with Crippen molar-refractivity contribution in [2.45, 2.75) is 6.92 Å². The van der Waals surface area contributed by atoms with Crippen LogP contribution in [0.5, 0.6) is 5.75 Å². The lowest BCUT2D eigenvalue weighted by Crippen LogP contribution is -2.14. The molecule has 25 heavy (non-hydrogen) atoms. The molecule has 0 radical (unpaired) electrons. The Labute approximate surface area is 144 Å². The van der Waals surface area contributed by atoms with Crippen LogP contribution in [0.1, 0.15) is 6.92 Å². The number of nitriles is 1. The maximum atomic E-state index is 12.1. The second-order valence-corrected chi connectivity index (χ2v) is 5.04.